The number of rotatable bonds is 4. The highest BCUT2D eigenvalue weighted by Gasteiger charge is 2.29. The summed E-state index contributed by atoms with van der Waals surface area (Å²) in [6, 6.07) is 2.21. The Morgan fingerprint density at radius 3 is 2.76 bits per heavy atom. The number of aromatic nitrogens is 2. The van der Waals surface area contributed by atoms with E-state index >= 15 is 0 Å². The largest absolute Gasteiger partial charge is 0.310 e. The lowest BCUT2D eigenvalue weighted by atomic mass is 9.76. The summed E-state index contributed by atoms with van der Waals surface area (Å²) in [4.78, 5) is 8.80. The Kier molecular flexibility index (Phi) is 4.49. The maximum atomic E-state index is 4.40. The maximum absolute atomic E-state index is 4.40. The van der Waals surface area contributed by atoms with Crippen LogP contribution in [0.5, 0.6) is 0 Å². The summed E-state index contributed by atoms with van der Waals surface area (Å²) in [6.07, 6.45) is 10.4. The van der Waals surface area contributed by atoms with Crippen LogP contribution in [0.3, 0.4) is 0 Å². The average Bonchev–Trinajstić information content (AvgIpc) is 2.41. The van der Waals surface area contributed by atoms with Crippen molar-refractivity contribution in [2.24, 2.45) is 11.8 Å². The minimum atomic E-state index is 0.325. The summed E-state index contributed by atoms with van der Waals surface area (Å²) in [6.45, 7) is 2.31. The van der Waals surface area contributed by atoms with Crippen LogP contribution in [0, 0.1) is 11.8 Å². The van der Waals surface area contributed by atoms with Crippen LogP contribution in [0.1, 0.15) is 50.9 Å². The predicted molar refractivity (Wildman–Crippen MR) is 69.6 cm³/mol. The Balaban J connectivity index is 2.08. The van der Waals surface area contributed by atoms with Gasteiger partial charge in [0.1, 0.15) is 5.82 Å². The van der Waals surface area contributed by atoms with Crippen molar-refractivity contribution in [3.05, 3.63) is 24.3 Å². The molecule has 3 nitrogen and oxygen atoms in total. The second-order valence-electron chi connectivity index (χ2n) is 5.07. The third-order valence-electron chi connectivity index (χ3n) is 4.05. The van der Waals surface area contributed by atoms with E-state index in [4.69, 9.17) is 0 Å². The van der Waals surface area contributed by atoms with Crippen molar-refractivity contribution in [2.75, 3.05) is 7.05 Å². The molecular weight excluding hydrogens is 210 g/mol. The van der Waals surface area contributed by atoms with Gasteiger partial charge in [-0.3, -0.25) is 0 Å². The van der Waals surface area contributed by atoms with Gasteiger partial charge in [-0.1, -0.05) is 26.2 Å². The zero-order valence-corrected chi connectivity index (χ0v) is 10.9. The van der Waals surface area contributed by atoms with Gasteiger partial charge in [0.2, 0.25) is 0 Å². The summed E-state index contributed by atoms with van der Waals surface area (Å²) >= 11 is 0. The van der Waals surface area contributed by atoms with Crippen molar-refractivity contribution in [2.45, 2.75) is 45.1 Å². The molecule has 1 aromatic heterocycles. The minimum Gasteiger partial charge on any atom is -0.310 e. The second-order valence-corrected chi connectivity index (χ2v) is 5.07. The molecule has 17 heavy (non-hydrogen) atoms. The van der Waals surface area contributed by atoms with Gasteiger partial charge < -0.3 is 5.32 Å². The van der Waals surface area contributed by atoms with Gasteiger partial charge in [0.05, 0.1) is 6.04 Å². The molecule has 1 aromatic rings. The van der Waals surface area contributed by atoms with E-state index < -0.39 is 0 Å². The lowest BCUT2D eigenvalue weighted by molar-refractivity contribution is 0.210. The van der Waals surface area contributed by atoms with E-state index in [0.717, 1.165) is 11.7 Å². The molecule has 1 aliphatic carbocycles. The predicted octanol–water partition coefficient (Wildman–Crippen LogP) is 2.95. The van der Waals surface area contributed by atoms with Crippen LogP contribution in [-0.2, 0) is 0 Å². The molecule has 1 aliphatic rings. The monoisotopic (exact) mass is 233 g/mol. The van der Waals surface area contributed by atoms with Crippen molar-refractivity contribution in [1.82, 2.24) is 15.3 Å². The van der Waals surface area contributed by atoms with E-state index in [-0.39, 0.29) is 0 Å². The summed E-state index contributed by atoms with van der Waals surface area (Å²) in [5, 5.41) is 3.41. The Bertz CT molecular complexity index is 325. The third kappa shape index (κ3) is 3.03. The molecule has 0 bridgehead atoms. The lowest BCUT2D eigenvalue weighted by Crippen LogP contribution is -2.30. The molecule has 1 fully saturated rings. The molecule has 0 amide bonds. The van der Waals surface area contributed by atoms with E-state index in [1.54, 1.807) is 0 Å². The average molecular weight is 233 g/mol. The van der Waals surface area contributed by atoms with Gasteiger partial charge in [-0.05, 0) is 37.8 Å². The number of nitrogens with zero attached hydrogens (tertiary/aromatic N) is 2. The Morgan fingerprint density at radius 1 is 1.35 bits per heavy atom. The van der Waals surface area contributed by atoms with Crippen LogP contribution in [0.25, 0.3) is 0 Å². The quantitative estimate of drug-likeness (QED) is 0.869. The van der Waals surface area contributed by atoms with E-state index in [9.17, 15) is 0 Å². The molecule has 0 radical (unpaired) electrons. The summed E-state index contributed by atoms with van der Waals surface area (Å²) < 4.78 is 0. The smallest absolute Gasteiger partial charge is 0.145 e. The van der Waals surface area contributed by atoms with Crippen molar-refractivity contribution in [3.8, 4) is 0 Å². The van der Waals surface area contributed by atoms with Crippen LogP contribution in [0.2, 0.25) is 0 Å². The first-order valence-corrected chi connectivity index (χ1v) is 6.79. The summed E-state index contributed by atoms with van der Waals surface area (Å²) in [7, 11) is 2.02. The first kappa shape index (κ1) is 12.5. The molecule has 3 unspecified atom stereocenters. The molecule has 0 aliphatic heterocycles. The molecule has 3 heteroatoms. The van der Waals surface area contributed by atoms with E-state index in [1.807, 2.05) is 25.5 Å². The Morgan fingerprint density at radius 2 is 2.12 bits per heavy atom. The Labute approximate surface area is 104 Å². The molecule has 2 rings (SSSR count). The number of hydrogen-bond donors (Lipinski definition) is 1. The summed E-state index contributed by atoms with van der Waals surface area (Å²) in [5.41, 5.74) is 0. The molecule has 1 heterocycles. The van der Waals surface area contributed by atoms with Crippen LogP contribution < -0.4 is 5.32 Å². The Hall–Kier alpha value is -0.960. The topological polar surface area (TPSA) is 37.8 Å². The van der Waals surface area contributed by atoms with Crippen molar-refractivity contribution < 1.29 is 0 Å². The fourth-order valence-corrected chi connectivity index (χ4v) is 3.05. The fourth-order valence-electron chi connectivity index (χ4n) is 3.05. The van der Waals surface area contributed by atoms with E-state index in [2.05, 4.69) is 22.2 Å². The van der Waals surface area contributed by atoms with Gasteiger partial charge in [0, 0.05) is 12.4 Å². The normalized spacial score (nSPS) is 26.7. The van der Waals surface area contributed by atoms with Crippen molar-refractivity contribution >= 4 is 0 Å². The highest BCUT2D eigenvalue weighted by molar-refractivity contribution is 4.99. The molecule has 0 spiro atoms. The standard InChI is InChI=1S/C14H23N3/c1-3-11-6-4-7-12(10-11)13(15-2)14-16-8-5-9-17-14/h5,8-9,11-13,15H,3-4,6-7,10H2,1-2H3. The number of nitrogens with one attached hydrogen (secondary N) is 1. The van der Waals surface area contributed by atoms with Crippen LogP contribution >= 0.6 is 0 Å². The van der Waals surface area contributed by atoms with Gasteiger partial charge in [-0.15, -0.1) is 0 Å². The second kappa shape index (κ2) is 6.10. The maximum Gasteiger partial charge on any atom is 0.145 e. The van der Waals surface area contributed by atoms with Crippen LogP contribution in [0.15, 0.2) is 18.5 Å². The van der Waals surface area contributed by atoms with Gasteiger partial charge in [0.25, 0.3) is 0 Å². The molecule has 1 N–H and O–H groups in total. The van der Waals surface area contributed by atoms with Gasteiger partial charge in [-0.25, -0.2) is 9.97 Å². The zero-order chi connectivity index (χ0) is 12.1. The highest BCUT2D eigenvalue weighted by Crippen LogP contribution is 2.37. The van der Waals surface area contributed by atoms with Crippen LogP contribution in [0.4, 0.5) is 0 Å². The van der Waals surface area contributed by atoms with E-state index in [0.29, 0.717) is 12.0 Å². The van der Waals surface area contributed by atoms with Crippen molar-refractivity contribution in [1.29, 1.82) is 0 Å². The molecule has 94 valence electrons. The van der Waals surface area contributed by atoms with Gasteiger partial charge >= 0.3 is 0 Å². The van der Waals surface area contributed by atoms with E-state index in [1.165, 1.54) is 32.1 Å². The zero-order valence-electron chi connectivity index (χ0n) is 10.9. The highest BCUT2D eigenvalue weighted by atomic mass is 15.0. The molecular formula is C14H23N3. The molecule has 0 aromatic carbocycles. The van der Waals surface area contributed by atoms with Crippen molar-refractivity contribution in [3.63, 3.8) is 0 Å². The van der Waals surface area contributed by atoms with Gasteiger partial charge in [-0.2, -0.15) is 0 Å². The minimum absolute atomic E-state index is 0.325. The van der Waals surface area contributed by atoms with Crippen LogP contribution in [-0.4, -0.2) is 17.0 Å². The SMILES string of the molecule is CCC1CCCC(C(NC)c2ncccn2)C1. The molecule has 1 saturated carbocycles. The summed E-state index contributed by atoms with van der Waals surface area (Å²) in [5.74, 6) is 2.55. The molecule has 3 atom stereocenters. The van der Waals surface area contributed by atoms with Gasteiger partial charge in [0.15, 0.2) is 0 Å². The lowest BCUT2D eigenvalue weighted by Gasteiger charge is -2.33. The first-order chi connectivity index (χ1) is 8.35. The molecule has 0 saturated heterocycles. The first-order valence-electron chi connectivity index (χ1n) is 6.79. The third-order valence-corrected chi connectivity index (χ3v) is 4.05. The fraction of sp³-hybridized carbons (Fsp3) is 0.714. The number of hydrogen-bond acceptors (Lipinski definition) is 3.